The third kappa shape index (κ3) is 4.59. The predicted molar refractivity (Wildman–Crippen MR) is 76.7 cm³/mol. The Morgan fingerprint density at radius 1 is 1.35 bits per heavy atom. The smallest absolute Gasteiger partial charge is 0.337 e. The van der Waals surface area contributed by atoms with E-state index < -0.39 is 0 Å². The van der Waals surface area contributed by atoms with Crippen molar-refractivity contribution in [2.75, 3.05) is 46.4 Å². The second-order valence-corrected chi connectivity index (χ2v) is 4.84. The van der Waals surface area contributed by atoms with Crippen LogP contribution in [-0.2, 0) is 16.1 Å². The summed E-state index contributed by atoms with van der Waals surface area (Å²) in [7, 11) is 1.39. The fourth-order valence-electron chi connectivity index (χ4n) is 2.22. The van der Waals surface area contributed by atoms with Crippen molar-refractivity contribution in [1.29, 1.82) is 0 Å². The number of piperazine rings is 1. The quantitative estimate of drug-likeness (QED) is 0.619. The zero-order valence-corrected chi connectivity index (χ0v) is 11.9. The molecule has 0 amide bonds. The van der Waals surface area contributed by atoms with Gasteiger partial charge in [0, 0.05) is 32.7 Å². The van der Waals surface area contributed by atoms with E-state index in [9.17, 15) is 4.79 Å². The Morgan fingerprint density at radius 2 is 2.15 bits per heavy atom. The van der Waals surface area contributed by atoms with Crippen molar-refractivity contribution in [3.63, 3.8) is 0 Å². The van der Waals surface area contributed by atoms with E-state index in [0.717, 1.165) is 38.3 Å². The van der Waals surface area contributed by atoms with E-state index in [-0.39, 0.29) is 5.97 Å². The normalized spacial score (nSPS) is 16.1. The third-order valence-electron chi connectivity index (χ3n) is 3.38. The van der Waals surface area contributed by atoms with E-state index >= 15 is 0 Å². The third-order valence-corrected chi connectivity index (χ3v) is 3.38. The average Bonchev–Trinajstić information content (AvgIpc) is 2.52. The maximum Gasteiger partial charge on any atom is 0.337 e. The highest BCUT2D eigenvalue weighted by Gasteiger charge is 2.09. The molecule has 1 saturated heterocycles. The molecule has 5 heteroatoms. The largest absolute Gasteiger partial charge is 0.465 e. The molecule has 5 nitrogen and oxygen atoms in total. The van der Waals surface area contributed by atoms with Gasteiger partial charge in [0.25, 0.3) is 0 Å². The highest BCUT2D eigenvalue weighted by atomic mass is 16.5. The summed E-state index contributed by atoms with van der Waals surface area (Å²) in [6.45, 7) is 6.47. The van der Waals surface area contributed by atoms with Gasteiger partial charge in [0.2, 0.25) is 0 Å². The van der Waals surface area contributed by atoms with Gasteiger partial charge in [0.05, 0.1) is 25.9 Å². The molecule has 1 aromatic carbocycles. The van der Waals surface area contributed by atoms with Crippen molar-refractivity contribution in [1.82, 2.24) is 10.2 Å². The molecule has 0 bridgehead atoms. The van der Waals surface area contributed by atoms with Gasteiger partial charge in [-0.1, -0.05) is 12.1 Å². The lowest BCUT2D eigenvalue weighted by atomic mass is 10.1. The van der Waals surface area contributed by atoms with Gasteiger partial charge < -0.3 is 14.8 Å². The number of carbonyl (C=O) groups is 1. The minimum absolute atomic E-state index is 0.312. The highest BCUT2D eigenvalue weighted by molar-refractivity contribution is 5.89. The van der Waals surface area contributed by atoms with Crippen molar-refractivity contribution in [2.24, 2.45) is 0 Å². The summed E-state index contributed by atoms with van der Waals surface area (Å²) in [5, 5.41) is 3.33. The Hall–Kier alpha value is -1.43. The van der Waals surface area contributed by atoms with Crippen LogP contribution in [0.5, 0.6) is 0 Å². The molecule has 0 saturated carbocycles. The molecule has 1 heterocycles. The number of ether oxygens (including phenoxy) is 2. The van der Waals surface area contributed by atoms with Gasteiger partial charge in [-0.25, -0.2) is 4.79 Å². The summed E-state index contributed by atoms with van der Waals surface area (Å²) >= 11 is 0. The SMILES string of the molecule is COC(=O)c1cccc(COCCN2CCNCC2)c1. The first-order valence-corrected chi connectivity index (χ1v) is 6.97. The molecule has 110 valence electrons. The Kier molecular flexibility index (Phi) is 5.98. The van der Waals surface area contributed by atoms with Crippen LogP contribution in [0.3, 0.4) is 0 Å². The Balaban J connectivity index is 1.72. The Labute approximate surface area is 119 Å². The van der Waals surface area contributed by atoms with E-state index in [1.165, 1.54) is 7.11 Å². The standard InChI is InChI=1S/C15H22N2O3/c1-19-15(18)14-4-2-3-13(11-14)12-20-10-9-17-7-5-16-6-8-17/h2-4,11,16H,5-10,12H2,1H3. The first kappa shape index (κ1) is 15.0. The number of hydrogen-bond donors (Lipinski definition) is 1. The minimum atomic E-state index is -0.312. The summed E-state index contributed by atoms with van der Waals surface area (Å²) in [6, 6.07) is 7.37. The number of nitrogens with one attached hydrogen (secondary N) is 1. The van der Waals surface area contributed by atoms with Crippen LogP contribution in [-0.4, -0.2) is 57.3 Å². The fourth-order valence-corrected chi connectivity index (χ4v) is 2.22. The second-order valence-electron chi connectivity index (χ2n) is 4.84. The maximum absolute atomic E-state index is 11.4. The first-order chi connectivity index (χ1) is 9.79. The molecule has 0 aromatic heterocycles. The predicted octanol–water partition coefficient (Wildman–Crippen LogP) is 0.895. The maximum atomic E-state index is 11.4. The highest BCUT2D eigenvalue weighted by Crippen LogP contribution is 2.08. The molecule has 0 spiro atoms. The summed E-state index contributed by atoms with van der Waals surface area (Å²) < 4.78 is 10.4. The number of carbonyl (C=O) groups excluding carboxylic acids is 1. The van der Waals surface area contributed by atoms with Crippen molar-refractivity contribution in [3.05, 3.63) is 35.4 Å². The van der Waals surface area contributed by atoms with E-state index in [0.29, 0.717) is 18.8 Å². The first-order valence-electron chi connectivity index (χ1n) is 6.97. The molecule has 1 fully saturated rings. The number of methoxy groups -OCH3 is 1. The van der Waals surface area contributed by atoms with E-state index in [1.54, 1.807) is 6.07 Å². The zero-order chi connectivity index (χ0) is 14.2. The van der Waals surface area contributed by atoms with Crippen LogP contribution in [0.4, 0.5) is 0 Å². The Morgan fingerprint density at radius 3 is 2.90 bits per heavy atom. The van der Waals surface area contributed by atoms with Crippen LogP contribution in [0.2, 0.25) is 0 Å². The number of rotatable bonds is 6. The van der Waals surface area contributed by atoms with Crippen LogP contribution in [0.1, 0.15) is 15.9 Å². The number of benzene rings is 1. The van der Waals surface area contributed by atoms with Gasteiger partial charge in [-0.15, -0.1) is 0 Å². The van der Waals surface area contributed by atoms with Crippen molar-refractivity contribution in [2.45, 2.75) is 6.61 Å². The average molecular weight is 278 g/mol. The molecule has 0 atom stereocenters. The van der Waals surface area contributed by atoms with Crippen molar-refractivity contribution in [3.8, 4) is 0 Å². The fraction of sp³-hybridized carbons (Fsp3) is 0.533. The van der Waals surface area contributed by atoms with Crippen LogP contribution in [0, 0.1) is 0 Å². The van der Waals surface area contributed by atoms with E-state index in [4.69, 9.17) is 9.47 Å². The van der Waals surface area contributed by atoms with Gasteiger partial charge in [-0.05, 0) is 17.7 Å². The molecular weight excluding hydrogens is 256 g/mol. The van der Waals surface area contributed by atoms with Crippen LogP contribution in [0.25, 0.3) is 0 Å². The monoisotopic (exact) mass is 278 g/mol. The van der Waals surface area contributed by atoms with Crippen LogP contribution >= 0.6 is 0 Å². The summed E-state index contributed by atoms with van der Waals surface area (Å²) in [4.78, 5) is 13.8. The lowest BCUT2D eigenvalue weighted by Crippen LogP contribution is -2.44. The number of nitrogens with zero attached hydrogens (tertiary/aromatic N) is 1. The summed E-state index contributed by atoms with van der Waals surface area (Å²) in [5.74, 6) is -0.312. The molecule has 20 heavy (non-hydrogen) atoms. The lowest BCUT2D eigenvalue weighted by Gasteiger charge is -2.26. The molecule has 1 aliphatic rings. The molecule has 0 aliphatic carbocycles. The molecular formula is C15H22N2O3. The lowest BCUT2D eigenvalue weighted by molar-refractivity contribution is 0.0600. The van der Waals surface area contributed by atoms with Crippen molar-refractivity contribution < 1.29 is 14.3 Å². The molecule has 0 unspecified atom stereocenters. The zero-order valence-electron chi connectivity index (χ0n) is 11.9. The molecule has 2 rings (SSSR count). The number of hydrogen-bond acceptors (Lipinski definition) is 5. The topological polar surface area (TPSA) is 50.8 Å². The number of esters is 1. The van der Waals surface area contributed by atoms with E-state index in [2.05, 4.69) is 10.2 Å². The minimum Gasteiger partial charge on any atom is -0.465 e. The van der Waals surface area contributed by atoms with Gasteiger partial charge in [-0.2, -0.15) is 0 Å². The molecule has 0 radical (unpaired) electrons. The van der Waals surface area contributed by atoms with Gasteiger partial charge in [-0.3, -0.25) is 4.90 Å². The van der Waals surface area contributed by atoms with Crippen molar-refractivity contribution >= 4 is 5.97 Å². The summed E-state index contributed by atoms with van der Waals surface area (Å²) in [5.41, 5.74) is 1.56. The second kappa shape index (κ2) is 7.99. The molecule has 1 aromatic rings. The molecule has 1 aliphatic heterocycles. The van der Waals surface area contributed by atoms with Gasteiger partial charge >= 0.3 is 5.97 Å². The van der Waals surface area contributed by atoms with E-state index in [1.807, 2.05) is 18.2 Å². The van der Waals surface area contributed by atoms with Crippen LogP contribution in [0.15, 0.2) is 24.3 Å². The molecule has 1 N–H and O–H groups in total. The van der Waals surface area contributed by atoms with Crippen LogP contribution < -0.4 is 5.32 Å². The Bertz CT molecular complexity index is 431. The van der Waals surface area contributed by atoms with Gasteiger partial charge in [0.1, 0.15) is 0 Å². The van der Waals surface area contributed by atoms with Gasteiger partial charge in [0.15, 0.2) is 0 Å². The summed E-state index contributed by atoms with van der Waals surface area (Å²) in [6.07, 6.45) is 0.